The Balaban J connectivity index is 1.47. The molecule has 1 aliphatic heterocycles. The van der Waals surface area contributed by atoms with E-state index in [0.717, 1.165) is 24.0 Å². The van der Waals surface area contributed by atoms with E-state index in [4.69, 9.17) is 23.2 Å². The van der Waals surface area contributed by atoms with Gasteiger partial charge in [0.2, 0.25) is 5.91 Å². The first kappa shape index (κ1) is 23.8. The van der Waals surface area contributed by atoms with E-state index in [1.54, 1.807) is 25.5 Å². The number of amides is 1. The highest BCUT2D eigenvalue weighted by atomic mass is 35.5. The second kappa shape index (κ2) is 9.59. The van der Waals surface area contributed by atoms with Gasteiger partial charge in [-0.05, 0) is 36.6 Å². The largest absolute Gasteiger partial charge is 0.346 e. The van der Waals surface area contributed by atoms with Gasteiger partial charge >= 0.3 is 0 Å². The van der Waals surface area contributed by atoms with Gasteiger partial charge < -0.3 is 9.88 Å². The fraction of sp³-hybridized carbons (Fsp3) is 0.320. The van der Waals surface area contributed by atoms with Gasteiger partial charge in [-0.3, -0.25) is 13.9 Å². The molecule has 0 saturated carbocycles. The molecular weight excluding hydrogens is 495 g/mol. The number of alkyl halides is 1. The Morgan fingerprint density at radius 1 is 1.23 bits per heavy atom. The Bertz CT molecular complexity index is 1390. The normalized spacial score (nSPS) is 15.6. The molecule has 0 aliphatic carbocycles. The molecule has 4 heterocycles. The molecule has 0 spiro atoms. The third-order valence-corrected chi connectivity index (χ3v) is 7.45. The number of carbonyl (C=O) groups is 1. The average Bonchev–Trinajstić information content (AvgIpc) is 3.52. The summed E-state index contributed by atoms with van der Waals surface area (Å²) in [6, 6.07) is 4.68. The number of H-pyrrole nitrogens is 1. The van der Waals surface area contributed by atoms with Gasteiger partial charge in [0.1, 0.15) is 18.1 Å². The smallest absolute Gasteiger partial charge is 0.219 e. The molecule has 0 bridgehead atoms. The number of rotatable bonds is 5. The first-order chi connectivity index (χ1) is 16.9. The highest BCUT2D eigenvalue weighted by molar-refractivity contribution is 6.36. The highest BCUT2D eigenvalue weighted by Gasteiger charge is 2.26. The summed E-state index contributed by atoms with van der Waals surface area (Å²) in [7, 11) is 0. The zero-order valence-corrected chi connectivity index (χ0v) is 20.5. The highest BCUT2D eigenvalue weighted by Crippen LogP contribution is 2.40. The molecule has 1 atom stereocenters. The summed E-state index contributed by atoms with van der Waals surface area (Å²) in [5.74, 6) is -1.41. The zero-order chi connectivity index (χ0) is 24.7. The van der Waals surface area contributed by atoms with Crippen molar-refractivity contribution < 1.29 is 13.6 Å². The third kappa shape index (κ3) is 4.41. The van der Waals surface area contributed by atoms with Gasteiger partial charge in [0.15, 0.2) is 0 Å². The molecule has 0 unspecified atom stereocenters. The number of nitrogens with zero attached hydrogens (tertiary/aromatic N) is 4. The zero-order valence-electron chi connectivity index (χ0n) is 18.9. The van der Waals surface area contributed by atoms with E-state index in [0.29, 0.717) is 29.7 Å². The van der Waals surface area contributed by atoms with Crippen LogP contribution in [-0.4, -0.2) is 50.3 Å². The summed E-state index contributed by atoms with van der Waals surface area (Å²) >= 11 is 12.5. The number of piperidine rings is 1. The molecule has 1 saturated heterocycles. The van der Waals surface area contributed by atoms with Gasteiger partial charge in [-0.15, -0.1) is 0 Å². The van der Waals surface area contributed by atoms with E-state index in [9.17, 15) is 13.6 Å². The summed E-state index contributed by atoms with van der Waals surface area (Å²) in [6.45, 7) is 2.21. The van der Waals surface area contributed by atoms with Crippen LogP contribution in [0.4, 0.5) is 8.78 Å². The summed E-state index contributed by atoms with van der Waals surface area (Å²) in [5, 5.41) is 5.27. The van der Waals surface area contributed by atoms with Gasteiger partial charge in [0.25, 0.3) is 0 Å². The Hall–Kier alpha value is -2.97. The van der Waals surface area contributed by atoms with Crippen molar-refractivity contribution in [1.29, 1.82) is 0 Å². The third-order valence-electron chi connectivity index (χ3n) is 6.74. The first-order valence-electron chi connectivity index (χ1n) is 11.3. The number of pyridine rings is 1. The number of halogens is 4. The Morgan fingerprint density at radius 2 is 2.00 bits per heavy atom. The van der Waals surface area contributed by atoms with Gasteiger partial charge in [-0.1, -0.05) is 23.2 Å². The number of likely N-dealkylation sites (tertiary alicyclic amines) is 1. The maximum absolute atomic E-state index is 14.3. The molecule has 1 aliphatic rings. The second-order valence-electron chi connectivity index (χ2n) is 8.77. The lowest BCUT2D eigenvalue weighted by molar-refractivity contribution is -0.130. The van der Waals surface area contributed by atoms with E-state index in [1.165, 1.54) is 12.1 Å². The molecule has 5 rings (SSSR count). The van der Waals surface area contributed by atoms with Crippen LogP contribution in [0.25, 0.3) is 22.2 Å². The van der Waals surface area contributed by atoms with Crippen molar-refractivity contribution in [1.82, 2.24) is 24.6 Å². The average molecular weight is 518 g/mol. The van der Waals surface area contributed by atoms with Gasteiger partial charge in [-0.2, -0.15) is 5.10 Å². The van der Waals surface area contributed by atoms with Crippen molar-refractivity contribution in [3.63, 3.8) is 0 Å². The number of nitrogens with one attached hydrogen (secondary N) is 1. The summed E-state index contributed by atoms with van der Waals surface area (Å²) in [6.07, 6.45) is 8.82. The number of hydrogen-bond donors (Lipinski definition) is 1. The fourth-order valence-corrected chi connectivity index (χ4v) is 5.41. The van der Waals surface area contributed by atoms with Gasteiger partial charge in [0.05, 0.1) is 17.3 Å². The predicted molar refractivity (Wildman–Crippen MR) is 132 cm³/mol. The Kier molecular flexibility index (Phi) is 6.51. The number of carbonyl (C=O) groups excluding carboxylic acids is 1. The standard InChI is InChI=1S/C25H23Cl2F2N5O/c1-14(35)33-6-4-17(5-7-33)34-13-16(11-32-34)15-8-18-20(12-31-25(18)30-10-15)19(9-28)23-21(26)2-3-22(29)24(23)27/h2-3,8,10-13,17,19H,4-7,9H2,1H3,(H,30,31)/t19-/m0/s1. The van der Waals surface area contributed by atoms with Crippen molar-refractivity contribution in [3.05, 3.63) is 70.0 Å². The molecule has 10 heteroatoms. The van der Waals surface area contributed by atoms with Crippen LogP contribution in [0.3, 0.4) is 0 Å². The molecule has 35 heavy (non-hydrogen) atoms. The van der Waals surface area contributed by atoms with Crippen LogP contribution < -0.4 is 0 Å². The number of hydrogen-bond acceptors (Lipinski definition) is 3. The Labute approximate surface area is 210 Å². The van der Waals surface area contributed by atoms with E-state index in [-0.39, 0.29) is 27.6 Å². The van der Waals surface area contributed by atoms with Crippen LogP contribution in [0.2, 0.25) is 10.0 Å². The van der Waals surface area contributed by atoms with Gasteiger partial charge in [-0.25, -0.2) is 9.37 Å². The summed E-state index contributed by atoms with van der Waals surface area (Å²) < 4.78 is 30.4. The van der Waals surface area contributed by atoms with Crippen LogP contribution in [0.15, 0.2) is 43.0 Å². The molecule has 3 aromatic heterocycles. The topological polar surface area (TPSA) is 66.8 Å². The van der Waals surface area contributed by atoms with Crippen LogP contribution in [0, 0.1) is 5.82 Å². The maximum Gasteiger partial charge on any atom is 0.219 e. The minimum Gasteiger partial charge on any atom is -0.346 e. The SMILES string of the molecule is CC(=O)N1CCC(n2cc(-c3cnc4[nH]cc([C@H](CF)c5c(Cl)ccc(F)c5Cl)c4c3)cn2)CC1. The van der Waals surface area contributed by atoms with Crippen LogP contribution in [0.1, 0.15) is 42.9 Å². The lowest BCUT2D eigenvalue weighted by Crippen LogP contribution is -2.37. The molecule has 6 nitrogen and oxygen atoms in total. The van der Waals surface area contributed by atoms with Crippen LogP contribution in [-0.2, 0) is 4.79 Å². The molecule has 182 valence electrons. The molecule has 0 radical (unpaired) electrons. The van der Waals surface area contributed by atoms with Crippen molar-refractivity contribution in [2.24, 2.45) is 0 Å². The number of aromatic amines is 1. The predicted octanol–water partition coefficient (Wildman–Crippen LogP) is 6.16. The van der Waals surface area contributed by atoms with Crippen molar-refractivity contribution in [3.8, 4) is 11.1 Å². The number of benzene rings is 1. The van der Waals surface area contributed by atoms with Crippen molar-refractivity contribution in [2.75, 3.05) is 19.8 Å². The first-order valence-corrected chi connectivity index (χ1v) is 12.1. The molecule has 1 fully saturated rings. The summed E-state index contributed by atoms with van der Waals surface area (Å²) in [5.41, 5.74) is 3.08. The molecule has 1 amide bonds. The van der Waals surface area contributed by atoms with Crippen molar-refractivity contribution >= 4 is 40.1 Å². The molecular formula is C25H23Cl2F2N5O. The van der Waals surface area contributed by atoms with E-state index >= 15 is 0 Å². The summed E-state index contributed by atoms with van der Waals surface area (Å²) in [4.78, 5) is 21.0. The van der Waals surface area contributed by atoms with E-state index in [1.807, 2.05) is 21.8 Å². The van der Waals surface area contributed by atoms with Crippen molar-refractivity contribution in [2.45, 2.75) is 31.7 Å². The second-order valence-corrected chi connectivity index (χ2v) is 9.56. The van der Waals surface area contributed by atoms with E-state index in [2.05, 4.69) is 15.1 Å². The van der Waals surface area contributed by atoms with Crippen LogP contribution in [0.5, 0.6) is 0 Å². The minimum atomic E-state index is -0.856. The molecule has 1 aromatic carbocycles. The molecule has 4 aromatic rings. The quantitative estimate of drug-likeness (QED) is 0.322. The van der Waals surface area contributed by atoms with Gasteiger partial charge in [0, 0.05) is 71.6 Å². The monoisotopic (exact) mass is 517 g/mol. The number of fused-ring (bicyclic) bond motifs is 1. The molecule has 1 N–H and O–H groups in total. The minimum absolute atomic E-state index is 0.0960. The van der Waals surface area contributed by atoms with Crippen LogP contribution >= 0.6 is 23.2 Å². The lowest BCUT2D eigenvalue weighted by Gasteiger charge is -2.31. The fourth-order valence-electron chi connectivity index (χ4n) is 4.78. The Morgan fingerprint density at radius 3 is 2.71 bits per heavy atom. The number of aromatic nitrogens is 4. The lowest BCUT2D eigenvalue weighted by atomic mass is 9.91. The maximum atomic E-state index is 14.3. The van der Waals surface area contributed by atoms with E-state index < -0.39 is 18.4 Å².